The van der Waals surface area contributed by atoms with E-state index in [9.17, 15) is 0 Å². The van der Waals surface area contributed by atoms with Gasteiger partial charge in [-0.1, -0.05) is 56.3 Å². The molecular weight excluding hydrogens is 258 g/mol. The van der Waals surface area contributed by atoms with Gasteiger partial charge in [0, 0.05) is 6.42 Å². The van der Waals surface area contributed by atoms with Gasteiger partial charge in [-0.25, -0.2) is 0 Å². The third-order valence-corrected chi connectivity index (χ3v) is 4.21. The molecule has 0 bridgehead atoms. The van der Waals surface area contributed by atoms with Crippen LogP contribution in [0.5, 0.6) is 5.75 Å². The largest absolute Gasteiger partial charge is 0.488 e. The highest BCUT2D eigenvalue weighted by atomic mass is 16.5. The third kappa shape index (κ3) is 2.96. The Morgan fingerprint density at radius 1 is 1.10 bits per heavy atom. The fourth-order valence-electron chi connectivity index (χ4n) is 3.04. The number of rotatable bonds is 5. The first kappa shape index (κ1) is 14.2. The van der Waals surface area contributed by atoms with E-state index >= 15 is 0 Å². The number of fused-ring (bicyclic) bond motifs is 1. The fourth-order valence-corrected chi connectivity index (χ4v) is 3.04. The van der Waals surface area contributed by atoms with Crippen LogP contribution in [0.25, 0.3) is 0 Å². The summed E-state index contributed by atoms with van der Waals surface area (Å²) in [5, 5.41) is 3.59. The van der Waals surface area contributed by atoms with Crippen molar-refractivity contribution in [1.82, 2.24) is 5.32 Å². The van der Waals surface area contributed by atoms with E-state index in [1.165, 1.54) is 16.7 Å². The molecule has 0 fully saturated rings. The van der Waals surface area contributed by atoms with E-state index in [1.54, 1.807) is 0 Å². The molecule has 21 heavy (non-hydrogen) atoms. The molecule has 0 radical (unpaired) electrons. The monoisotopic (exact) mass is 281 g/mol. The van der Waals surface area contributed by atoms with E-state index in [0.29, 0.717) is 0 Å². The molecule has 110 valence electrons. The Balaban J connectivity index is 1.82. The number of likely N-dealkylation sites (N-methyl/N-ethyl adjacent to an activating group) is 1. The molecule has 2 aromatic rings. The Morgan fingerprint density at radius 2 is 1.86 bits per heavy atom. The predicted molar refractivity (Wildman–Crippen MR) is 86.8 cm³/mol. The summed E-state index contributed by atoms with van der Waals surface area (Å²) in [5.41, 5.74) is 4.01. The second-order valence-corrected chi connectivity index (χ2v) is 5.60. The minimum Gasteiger partial charge on any atom is -0.488 e. The van der Waals surface area contributed by atoms with Gasteiger partial charge in [-0.2, -0.15) is 0 Å². The molecule has 2 nitrogen and oxygen atoms in total. The summed E-state index contributed by atoms with van der Waals surface area (Å²) in [6.07, 6.45) is 2.23. The van der Waals surface area contributed by atoms with Crippen LogP contribution in [-0.2, 0) is 12.8 Å². The molecule has 1 aliphatic heterocycles. The van der Waals surface area contributed by atoms with Crippen molar-refractivity contribution in [1.29, 1.82) is 0 Å². The van der Waals surface area contributed by atoms with E-state index in [2.05, 4.69) is 61.6 Å². The molecule has 0 saturated heterocycles. The maximum absolute atomic E-state index is 6.17. The lowest BCUT2D eigenvalue weighted by atomic mass is 9.96. The number of ether oxygens (including phenoxy) is 1. The minimum absolute atomic E-state index is 0.176. The zero-order valence-corrected chi connectivity index (χ0v) is 12.8. The maximum atomic E-state index is 6.17. The molecule has 2 heteroatoms. The van der Waals surface area contributed by atoms with Gasteiger partial charge in [0.15, 0.2) is 0 Å². The van der Waals surface area contributed by atoms with Gasteiger partial charge >= 0.3 is 0 Å². The summed E-state index contributed by atoms with van der Waals surface area (Å²) >= 11 is 0. The lowest BCUT2D eigenvalue weighted by molar-refractivity contribution is 0.180. The molecule has 0 amide bonds. The summed E-state index contributed by atoms with van der Waals surface area (Å²) in [7, 11) is 0. The Bertz CT molecular complexity index is 566. The van der Waals surface area contributed by atoms with Crippen LogP contribution in [0.15, 0.2) is 48.5 Å². The topological polar surface area (TPSA) is 21.3 Å². The zero-order chi connectivity index (χ0) is 14.7. The second kappa shape index (κ2) is 6.31. The van der Waals surface area contributed by atoms with Crippen LogP contribution in [0.4, 0.5) is 0 Å². The standard InChI is InChI=1S/C19H23NO/c1-3-14-9-11-15(12-10-14)19(20-4-2)18-13-16-7-5-6-8-17(16)21-18/h5-12,18-20H,3-4,13H2,1-2H3. The number of nitrogens with one attached hydrogen (secondary N) is 1. The van der Waals surface area contributed by atoms with Crippen molar-refractivity contribution in [2.45, 2.75) is 38.8 Å². The van der Waals surface area contributed by atoms with Crippen molar-refractivity contribution in [2.24, 2.45) is 0 Å². The summed E-state index contributed by atoms with van der Waals surface area (Å²) in [5.74, 6) is 1.04. The van der Waals surface area contributed by atoms with E-state index in [-0.39, 0.29) is 12.1 Å². The highest BCUT2D eigenvalue weighted by Crippen LogP contribution is 2.34. The van der Waals surface area contributed by atoms with Crippen molar-refractivity contribution >= 4 is 0 Å². The SMILES string of the molecule is CCNC(c1ccc(CC)cc1)C1Cc2ccccc2O1. The highest BCUT2D eigenvalue weighted by molar-refractivity contribution is 5.39. The quantitative estimate of drug-likeness (QED) is 0.897. The highest BCUT2D eigenvalue weighted by Gasteiger charge is 2.30. The zero-order valence-electron chi connectivity index (χ0n) is 12.8. The van der Waals surface area contributed by atoms with Crippen molar-refractivity contribution in [2.75, 3.05) is 6.54 Å². The number of hydrogen-bond donors (Lipinski definition) is 1. The summed E-state index contributed by atoms with van der Waals surface area (Å²) < 4.78 is 6.17. The molecule has 0 aliphatic carbocycles. The molecule has 1 aliphatic rings. The van der Waals surface area contributed by atoms with Gasteiger partial charge in [0.05, 0.1) is 6.04 Å². The Morgan fingerprint density at radius 3 is 2.52 bits per heavy atom. The normalized spacial score (nSPS) is 18.1. The fraction of sp³-hybridized carbons (Fsp3) is 0.368. The average molecular weight is 281 g/mol. The molecule has 2 unspecified atom stereocenters. The first-order chi connectivity index (χ1) is 10.3. The molecule has 1 N–H and O–H groups in total. The summed E-state index contributed by atoms with van der Waals surface area (Å²) in [6.45, 7) is 5.28. The predicted octanol–water partition coefficient (Wildman–Crippen LogP) is 3.90. The lowest BCUT2D eigenvalue weighted by Crippen LogP contribution is -2.34. The van der Waals surface area contributed by atoms with E-state index in [1.807, 2.05) is 6.07 Å². The average Bonchev–Trinajstić information content (AvgIpc) is 2.96. The molecule has 0 saturated carbocycles. The van der Waals surface area contributed by atoms with E-state index in [0.717, 1.165) is 25.1 Å². The van der Waals surface area contributed by atoms with Gasteiger partial charge < -0.3 is 10.1 Å². The van der Waals surface area contributed by atoms with Crippen molar-refractivity contribution in [3.8, 4) is 5.75 Å². The van der Waals surface area contributed by atoms with E-state index < -0.39 is 0 Å². The molecule has 0 aromatic heterocycles. The van der Waals surface area contributed by atoms with Crippen molar-refractivity contribution < 1.29 is 4.74 Å². The minimum atomic E-state index is 0.176. The Kier molecular flexibility index (Phi) is 4.26. The smallest absolute Gasteiger partial charge is 0.123 e. The van der Waals surface area contributed by atoms with Gasteiger partial charge in [-0.15, -0.1) is 0 Å². The van der Waals surface area contributed by atoms with Crippen LogP contribution in [0.1, 0.15) is 36.6 Å². The van der Waals surface area contributed by atoms with Crippen LogP contribution < -0.4 is 10.1 Å². The molecule has 3 rings (SSSR count). The van der Waals surface area contributed by atoms with Crippen LogP contribution >= 0.6 is 0 Å². The number of para-hydroxylation sites is 1. The molecule has 2 aromatic carbocycles. The van der Waals surface area contributed by atoms with Crippen LogP contribution in [0.3, 0.4) is 0 Å². The number of benzene rings is 2. The Hall–Kier alpha value is -1.80. The van der Waals surface area contributed by atoms with Gasteiger partial charge in [0.1, 0.15) is 11.9 Å². The molecule has 2 atom stereocenters. The Labute approximate surface area is 127 Å². The molecule has 1 heterocycles. The first-order valence-electron chi connectivity index (χ1n) is 7.88. The number of aryl methyl sites for hydroxylation is 1. The van der Waals surface area contributed by atoms with E-state index in [4.69, 9.17) is 4.74 Å². The van der Waals surface area contributed by atoms with Gasteiger partial charge in [-0.05, 0) is 35.7 Å². The van der Waals surface area contributed by atoms with Crippen LogP contribution in [0.2, 0.25) is 0 Å². The van der Waals surface area contributed by atoms with Crippen LogP contribution in [-0.4, -0.2) is 12.6 Å². The van der Waals surface area contributed by atoms with Crippen molar-refractivity contribution in [3.05, 3.63) is 65.2 Å². The summed E-state index contributed by atoms with van der Waals surface area (Å²) in [4.78, 5) is 0. The first-order valence-corrected chi connectivity index (χ1v) is 7.88. The van der Waals surface area contributed by atoms with Crippen molar-refractivity contribution in [3.63, 3.8) is 0 Å². The molecular formula is C19H23NO. The summed E-state index contributed by atoms with van der Waals surface area (Å²) in [6, 6.07) is 17.5. The molecule has 0 spiro atoms. The van der Waals surface area contributed by atoms with Gasteiger partial charge in [-0.3, -0.25) is 0 Å². The number of hydrogen-bond acceptors (Lipinski definition) is 2. The third-order valence-electron chi connectivity index (χ3n) is 4.21. The lowest BCUT2D eigenvalue weighted by Gasteiger charge is -2.24. The van der Waals surface area contributed by atoms with Crippen LogP contribution in [0, 0.1) is 0 Å². The van der Waals surface area contributed by atoms with Gasteiger partial charge in [0.25, 0.3) is 0 Å². The maximum Gasteiger partial charge on any atom is 0.123 e. The second-order valence-electron chi connectivity index (χ2n) is 5.60. The van der Waals surface area contributed by atoms with Gasteiger partial charge in [0.2, 0.25) is 0 Å².